The number of para-hydroxylation sites is 1. The van der Waals surface area contributed by atoms with Crippen LogP contribution in [-0.4, -0.2) is 29.8 Å². The molecule has 2 N–H and O–H groups in total. The molecule has 3 aromatic rings. The average Bonchev–Trinajstić information content (AvgIpc) is 2.86. The van der Waals surface area contributed by atoms with Gasteiger partial charge in [0.25, 0.3) is 0 Å². The number of nitrogens with zero attached hydrogens (tertiary/aromatic N) is 4. The zero-order valence-corrected chi connectivity index (χ0v) is 8.55. The number of rotatable bonds is 1. The van der Waals surface area contributed by atoms with E-state index in [0.29, 0.717) is 5.82 Å². The summed E-state index contributed by atoms with van der Waals surface area (Å²) < 4.78 is 1.92. The molecule has 0 spiro atoms. The Morgan fingerprint density at radius 3 is 3.00 bits per heavy atom. The molecule has 80 valence electrons. The second-order valence-corrected chi connectivity index (χ2v) is 3.51. The lowest BCUT2D eigenvalue weighted by molar-refractivity contribution is 0.433. The van der Waals surface area contributed by atoms with Crippen molar-refractivity contribution in [3.63, 3.8) is 0 Å². The van der Waals surface area contributed by atoms with Gasteiger partial charge in [0.15, 0.2) is 5.82 Å². The zero-order chi connectivity index (χ0) is 11.1. The second kappa shape index (κ2) is 3.06. The van der Waals surface area contributed by atoms with Gasteiger partial charge in [-0.25, -0.2) is 10.1 Å². The van der Waals surface area contributed by atoms with E-state index < -0.39 is 0 Å². The molecule has 6 heteroatoms. The van der Waals surface area contributed by atoms with E-state index in [-0.39, 0.29) is 6.01 Å². The average molecular weight is 215 g/mol. The molecule has 0 atom stereocenters. The molecule has 0 unspecified atom stereocenters. The van der Waals surface area contributed by atoms with E-state index >= 15 is 0 Å². The predicted octanol–water partition coefficient (Wildman–Crippen LogP) is 1.06. The Bertz CT molecular complexity index is 654. The summed E-state index contributed by atoms with van der Waals surface area (Å²) in [5, 5.41) is 15.4. The smallest absolute Gasteiger partial charge is 0.310 e. The standard InChI is InChI=1S/C10H9N5O/c1-15-5-11-8-6(3-2-4-7(8)15)9-12-10(16)14-13-9/h2-5H,1H3,(H2,12,13,14,16). The number of aryl methyl sites for hydroxylation is 1. The van der Waals surface area contributed by atoms with Crippen LogP contribution in [0.25, 0.3) is 22.4 Å². The van der Waals surface area contributed by atoms with Gasteiger partial charge < -0.3 is 9.67 Å². The van der Waals surface area contributed by atoms with Crippen molar-refractivity contribution in [3.8, 4) is 17.4 Å². The van der Waals surface area contributed by atoms with Gasteiger partial charge in [0.1, 0.15) is 0 Å². The molecule has 2 aromatic heterocycles. The molecule has 2 heterocycles. The van der Waals surface area contributed by atoms with Crippen LogP contribution in [0.4, 0.5) is 0 Å². The number of aromatic nitrogens is 5. The lowest BCUT2D eigenvalue weighted by Crippen LogP contribution is -1.86. The van der Waals surface area contributed by atoms with Gasteiger partial charge in [-0.2, -0.15) is 10.1 Å². The minimum absolute atomic E-state index is 0.192. The van der Waals surface area contributed by atoms with E-state index in [0.717, 1.165) is 16.6 Å². The topological polar surface area (TPSA) is 79.6 Å². The van der Waals surface area contributed by atoms with Crippen LogP contribution in [0.1, 0.15) is 0 Å². The van der Waals surface area contributed by atoms with Gasteiger partial charge in [-0.15, -0.1) is 0 Å². The summed E-state index contributed by atoms with van der Waals surface area (Å²) in [5.41, 5.74) is 2.63. The van der Waals surface area contributed by atoms with Gasteiger partial charge >= 0.3 is 6.01 Å². The lowest BCUT2D eigenvalue weighted by atomic mass is 10.2. The molecular formula is C10H9N5O. The quantitative estimate of drug-likeness (QED) is 0.636. The third-order valence-corrected chi connectivity index (χ3v) is 2.47. The van der Waals surface area contributed by atoms with E-state index in [2.05, 4.69) is 20.2 Å². The van der Waals surface area contributed by atoms with Crippen molar-refractivity contribution >= 4 is 11.0 Å². The molecule has 0 saturated heterocycles. The van der Waals surface area contributed by atoms with Gasteiger partial charge in [-0.3, -0.25) is 0 Å². The zero-order valence-electron chi connectivity index (χ0n) is 8.55. The first kappa shape index (κ1) is 8.90. The monoisotopic (exact) mass is 215 g/mol. The third kappa shape index (κ3) is 1.16. The second-order valence-electron chi connectivity index (χ2n) is 3.51. The van der Waals surface area contributed by atoms with Crippen molar-refractivity contribution in [1.82, 2.24) is 24.7 Å². The van der Waals surface area contributed by atoms with Crippen LogP contribution < -0.4 is 0 Å². The van der Waals surface area contributed by atoms with Crippen LogP contribution in [0.3, 0.4) is 0 Å². The first-order chi connectivity index (χ1) is 7.75. The van der Waals surface area contributed by atoms with E-state index in [1.165, 1.54) is 0 Å². The number of aromatic hydroxyl groups is 1. The summed E-state index contributed by atoms with van der Waals surface area (Å²) in [6, 6.07) is 5.56. The molecule has 0 radical (unpaired) electrons. The third-order valence-electron chi connectivity index (χ3n) is 2.47. The maximum Gasteiger partial charge on any atom is 0.310 e. The van der Waals surface area contributed by atoms with Crippen molar-refractivity contribution < 1.29 is 5.11 Å². The van der Waals surface area contributed by atoms with Crippen molar-refractivity contribution in [2.24, 2.45) is 7.05 Å². The molecule has 16 heavy (non-hydrogen) atoms. The highest BCUT2D eigenvalue weighted by atomic mass is 16.3. The SMILES string of the molecule is Cn1cnc2c(-c3n[nH]c(O)n3)cccc21. The number of hydrogen-bond acceptors (Lipinski definition) is 4. The molecule has 0 aliphatic carbocycles. The molecule has 0 bridgehead atoms. The molecule has 0 amide bonds. The number of aromatic amines is 1. The number of H-pyrrole nitrogens is 1. The Morgan fingerprint density at radius 1 is 1.38 bits per heavy atom. The molecule has 1 aromatic carbocycles. The van der Waals surface area contributed by atoms with Crippen molar-refractivity contribution in [3.05, 3.63) is 24.5 Å². The Balaban J connectivity index is 2.31. The normalized spacial score (nSPS) is 11.1. The first-order valence-electron chi connectivity index (χ1n) is 4.77. The summed E-state index contributed by atoms with van der Waals surface area (Å²) in [4.78, 5) is 8.17. The van der Waals surface area contributed by atoms with Crippen LogP contribution >= 0.6 is 0 Å². The van der Waals surface area contributed by atoms with Gasteiger partial charge in [0.2, 0.25) is 0 Å². The van der Waals surface area contributed by atoms with Gasteiger partial charge in [0, 0.05) is 12.6 Å². The minimum Gasteiger partial charge on any atom is -0.479 e. The molecule has 0 saturated carbocycles. The molecular weight excluding hydrogens is 206 g/mol. The fourth-order valence-electron chi connectivity index (χ4n) is 1.71. The Morgan fingerprint density at radius 2 is 2.25 bits per heavy atom. The highest BCUT2D eigenvalue weighted by Crippen LogP contribution is 2.24. The number of fused-ring (bicyclic) bond motifs is 1. The fraction of sp³-hybridized carbons (Fsp3) is 0.100. The van der Waals surface area contributed by atoms with Crippen LogP contribution in [0.5, 0.6) is 6.01 Å². The maximum atomic E-state index is 9.14. The van der Waals surface area contributed by atoms with Crippen molar-refractivity contribution in [2.75, 3.05) is 0 Å². The lowest BCUT2D eigenvalue weighted by Gasteiger charge is -1.97. The number of benzene rings is 1. The molecule has 0 aliphatic heterocycles. The summed E-state index contributed by atoms with van der Waals surface area (Å²) in [6.45, 7) is 0. The summed E-state index contributed by atoms with van der Waals surface area (Å²) in [7, 11) is 1.93. The predicted molar refractivity (Wildman–Crippen MR) is 57.8 cm³/mol. The number of imidazole rings is 1. The van der Waals surface area contributed by atoms with E-state index in [1.54, 1.807) is 6.33 Å². The molecule has 0 fully saturated rings. The van der Waals surface area contributed by atoms with E-state index in [4.69, 9.17) is 5.11 Å². The largest absolute Gasteiger partial charge is 0.479 e. The van der Waals surface area contributed by atoms with Crippen LogP contribution in [0, 0.1) is 0 Å². The maximum absolute atomic E-state index is 9.14. The Labute approximate surface area is 90.6 Å². The number of hydrogen-bond donors (Lipinski definition) is 2. The highest BCUT2D eigenvalue weighted by Gasteiger charge is 2.11. The van der Waals surface area contributed by atoms with E-state index in [9.17, 15) is 0 Å². The summed E-state index contributed by atoms with van der Waals surface area (Å²) in [6.07, 6.45) is 1.74. The Hall–Kier alpha value is -2.37. The van der Waals surface area contributed by atoms with E-state index in [1.807, 2.05) is 29.8 Å². The molecule has 6 nitrogen and oxygen atoms in total. The molecule has 0 aliphatic rings. The van der Waals surface area contributed by atoms with Crippen LogP contribution in [0.15, 0.2) is 24.5 Å². The van der Waals surface area contributed by atoms with Crippen molar-refractivity contribution in [2.45, 2.75) is 0 Å². The van der Waals surface area contributed by atoms with Gasteiger partial charge in [-0.05, 0) is 12.1 Å². The molecule has 3 rings (SSSR count). The first-order valence-corrected chi connectivity index (χ1v) is 4.77. The number of nitrogens with one attached hydrogen (secondary N) is 1. The van der Waals surface area contributed by atoms with Crippen LogP contribution in [0.2, 0.25) is 0 Å². The summed E-state index contributed by atoms with van der Waals surface area (Å²) >= 11 is 0. The fourth-order valence-corrected chi connectivity index (χ4v) is 1.71. The summed E-state index contributed by atoms with van der Waals surface area (Å²) in [5.74, 6) is 0.446. The highest BCUT2D eigenvalue weighted by molar-refractivity contribution is 5.89. The van der Waals surface area contributed by atoms with Gasteiger partial charge in [-0.1, -0.05) is 6.07 Å². The van der Waals surface area contributed by atoms with Crippen molar-refractivity contribution in [1.29, 1.82) is 0 Å². The Kier molecular flexibility index (Phi) is 1.70. The minimum atomic E-state index is -0.192. The van der Waals surface area contributed by atoms with Gasteiger partial charge in [0.05, 0.1) is 17.4 Å². The van der Waals surface area contributed by atoms with Crippen LogP contribution in [-0.2, 0) is 7.05 Å².